The first-order chi connectivity index (χ1) is 9.40. The molecular weight excluding hydrogens is 284 g/mol. The lowest BCUT2D eigenvalue weighted by Crippen LogP contribution is -2.27. The van der Waals surface area contributed by atoms with E-state index in [1.54, 1.807) is 31.2 Å². The molecule has 1 N–H and O–H groups in total. The van der Waals surface area contributed by atoms with Crippen LogP contribution in [0.15, 0.2) is 53.4 Å². The Bertz CT molecular complexity index is 702. The summed E-state index contributed by atoms with van der Waals surface area (Å²) in [7, 11) is -4.05. The van der Waals surface area contributed by atoms with Crippen LogP contribution in [-0.2, 0) is 10.0 Å². The molecule has 3 nitrogen and oxygen atoms in total. The number of nitrogens with one attached hydrogen (secondary N) is 1. The standard InChI is InChI=1S/C14H13F2NO2S/c1-10(11-5-3-2-4-6-11)17-20(18,19)14-8-7-12(15)9-13(14)16/h2-10,17H,1H3. The summed E-state index contributed by atoms with van der Waals surface area (Å²) in [5.41, 5.74) is 0.749. The molecule has 6 heteroatoms. The van der Waals surface area contributed by atoms with Crippen molar-refractivity contribution in [1.82, 2.24) is 4.72 Å². The third-order valence-electron chi connectivity index (χ3n) is 2.81. The van der Waals surface area contributed by atoms with E-state index in [0.29, 0.717) is 6.07 Å². The van der Waals surface area contributed by atoms with Gasteiger partial charge in [-0.1, -0.05) is 30.3 Å². The molecule has 2 aromatic carbocycles. The maximum absolute atomic E-state index is 13.5. The van der Waals surface area contributed by atoms with E-state index in [-0.39, 0.29) is 0 Å². The minimum atomic E-state index is -4.05. The van der Waals surface area contributed by atoms with Gasteiger partial charge < -0.3 is 0 Å². The maximum atomic E-state index is 13.5. The van der Waals surface area contributed by atoms with Crippen LogP contribution in [0.2, 0.25) is 0 Å². The van der Waals surface area contributed by atoms with Crippen LogP contribution in [0.5, 0.6) is 0 Å². The smallest absolute Gasteiger partial charge is 0.207 e. The van der Waals surface area contributed by atoms with E-state index in [0.717, 1.165) is 17.7 Å². The quantitative estimate of drug-likeness (QED) is 0.943. The Hall–Kier alpha value is -1.79. The number of hydrogen-bond donors (Lipinski definition) is 1. The zero-order valence-electron chi connectivity index (χ0n) is 10.7. The molecule has 0 radical (unpaired) electrons. The zero-order valence-corrected chi connectivity index (χ0v) is 11.5. The molecular formula is C14H13F2NO2S. The van der Waals surface area contributed by atoms with Gasteiger partial charge in [0.1, 0.15) is 16.5 Å². The first-order valence-corrected chi connectivity index (χ1v) is 7.41. The van der Waals surface area contributed by atoms with E-state index < -0.39 is 32.6 Å². The van der Waals surface area contributed by atoms with Gasteiger partial charge in [0.05, 0.1) is 0 Å². The third-order valence-corrected chi connectivity index (χ3v) is 4.39. The van der Waals surface area contributed by atoms with Crippen LogP contribution in [0.25, 0.3) is 0 Å². The lowest BCUT2D eigenvalue weighted by Gasteiger charge is -2.15. The fourth-order valence-corrected chi connectivity index (χ4v) is 3.09. The van der Waals surface area contributed by atoms with Crippen molar-refractivity contribution >= 4 is 10.0 Å². The van der Waals surface area contributed by atoms with E-state index >= 15 is 0 Å². The van der Waals surface area contributed by atoms with Crippen LogP contribution in [0.4, 0.5) is 8.78 Å². The Morgan fingerprint density at radius 1 is 1.05 bits per heavy atom. The summed E-state index contributed by atoms with van der Waals surface area (Å²) in [4.78, 5) is -0.568. The predicted molar refractivity (Wildman–Crippen MR) is 71.5 cm³/mol. The van der Waals surface area contributed by atoms with E-state index in [2.05, 4.69) is 4.72 Å². The summed E-state index contributed by atoms with van der Waals surface area (Å²) < 4.78 is 52.9. The monoisotopic (exact) mass is 297 g/mol. The summed E-state index contributed by atoms with van der Waals surface area (Å²) in [5, 5.41) is 0. The summed E-state index contributed by atoms with van der Waals surface area (Å²) in [6.07, 6.45) is 0. The van der Waals surface area contributed by atoms with Crippen molar-refractivity contribution in [3.63, 3.8) is 0 Å². The van der Waals surface area contributed by atoms with Crippen LogP contribution in [0, 0.1) is 11.6 Å². The van der Waals surface area contributed by atoms with E-state index in [9.17, 15) is 17.2 Å². The molecule has 0 spiro atoms. The largest absolute Gasteiger partial charge is 0.244 e. The summed E-state index contributed by atoms with van der Waals surface area (Å²) >= 11 is 0. The maximum Gasteiger partial charge on any atom is 0.244 e. The Morgan fingerprint density at radius 3 is 2.30 bits per heavy atom. The summed E-state index contributed by atoms with van der Waals surface area (Å²) in [6.45, 7) is 1.65. The predicted octanol–water partition coefficient (Wildman–Crippen LogP) is 3.00. The van der Waals surface area contributed by atoms with E-state index in [4.69, 9.17) is 0 Å². The average molecular weight is 297 g/mol. The third kappa shape index (κ3) is 3.20. The van der Waals surface area contributed by atoms with Crippen molar-refractivity contribution in [2.45, 2.75) is 17.9 Å². The SMILES string of the molecule is CC(NS(=O)(=O)c1ccc(F)cc1F)c1ccccc1. The lowest BCUT2D eigenvalue weighted by atomic mass is 10.1. The van der Waals surface area contributed by atoms with Gasteiger partial charge in [-0.15, -0.1) is 0 Å². The first-order valence-electron chi connectivity index (χ1n) is 5.92. The molecule has 0 aliphatic heterocycles. The molecule has 0 saturated carbocycles. The van der Waals surface area contributed by atoms with Crippen molar-refractivity contribution in [1.29, 1.82) is 0 Å². The molecule has 0 aliphatic carbocycles. The fraction of sp³-hybridized carbons (Fsp3) is 0.143. The van der Waals surface area contributed by atoms with Crippen molar-refractivity contribution in [3.05, 3.63) is 65.7 Å². The fourth-order valence-electron chi connectivity index (χ4n) is 1.80. The van der Waals surface area contributed by atoms with E-state index in [1.807, 2.05) is 6.07 Å². The number of hydrogen-bond acceptors (Lipinski definition) is 2. The highest BCUT2D eigenvalue weighted by atomic mass is 32.2. The Labute approximate surface area is 116 Å². The highest BCUT2D eigenvalue weighted by molar-refractivity contribution is 7.89. The van der Waals surface area contributed by atoms with E-state index in [1.165, 1.54) is 0 Å². The molecule has 0 bridgehead atoms. The first kappa shape index (κ1) is 14.6. The molecule has 0 heterocycles. The summed E-state index contributed by atoms with van der Waals surface area (Å²) in [6, 6.07) is 10.7. The molecule has 1 atom stereocenters. The summed E-state index contributed by atoms with van der Waals surface area (Å²) in [5.74, 6) is -1.93. The van der Waals surface area contributed by atoms with Gasteiger partial charge in [0, 0.05) is 12.1 Å². The lowest BCUT2D eigenvalue weighted by molar-refractivity contribution is 0.536. The van der Waals surface area contributed by atoms with Crippen LogP contribution in [-0.4, -0.2) is 8.42 Å². The molecule has 0 aliphatic rings. The highest BCUT2D eigenvalue weighted by Crippen LogP contribution is 2.19. The van der Waals surface area contributed by atoms with Gasteiger partial charge in [0.25, 0.3) is 0 Å². The van der Waals surface area contributed by atoms with Crippen LogP contribution >= 0.6 is 0 Å². The minimum absolute atomic E-state index is 0.523. The van der Waals surface area contributed by atoms with Gasteiger partial charge in [-0.25, -0.2) is 21.9 Å². The number of benzene rings is 2. The number of sulfonamides is 1. The van der Waals surface area contributed by atoms with Gasteiger partial charge in [-0.2, -0.15) is 0 Å². The second kappa shape index (κ2) is 5.68. The van der Waals surface area contributed by atoms with Crippen LogP contribution in [0.1, 0.15) is 18.5 Å². The zero-order chi connectivity index (χ0) is 14.8. The molecule has 20 heavy (non-hydrogen) atoms. The highest BCUT2D eigenvalue weighted by Gasteiger charge is 2.22. The van der Waals surface area contributed by atoms with Crippen molar-refractivity contribution < 1.29 is 17.2 Å². The average Bonchev–Trinajstić information content (AvgIpc) is 2.38. The molecule has 106 valence electrons. The molecule has 2 aromatic rings. The molecule has 0 aromatic heterocycles. The Kier molecular flexibility index (Phi) is 4.15. The number of rotatable bonds is 4. The normalized spacial score (nSPS) is 13.2. The van der Waals surface area contributed by atoms with Gasteiger partial charge in [-0.05, 0) is 24.6 Å². The second-order valence-corrected chi connectivity index (χ2v) is 6.01. The second-order valence-electron chi connectivity index (χ2n) is 4.33. The van der Waals surface area contributed by atoms with Crippen LogP contribution in [0.3, 0.4) is 0 Å². The number of halogens is 2. The Morgan fingerprint density at radius 2 is 1.70 bits per heavy atom. The van der Waals surface area contributed by atoms with Gasteiger partial charge in [0.15, 0.2) is 0 Å². The van der Waals surface area contributed by atoms with Gasteiger partial charge in [-0.3, -0.25) is 0 Å². The topological polar surface area (TPSA) is 46.2 Å². The molecule has 1 unspecified atom stereocenters. The Balaban J connectivity index is 2.28. The molecule has 2 rings (SSSR count). The molecule has 0 amide bonds. The van der Waals surface area contributed by atoms with Crippen molar-refractivity contribution in [2.24, 2.45) is 0 Å². The molecule has 0 saturated heterocycles. The van der Waals surface area contributed by atoms with Gasteiger partial charge >= 0.3 is 0 Å². The van der Waals surface area contributed by atoms with Crippen molar-refractivity contribution in [2.75, 3.05) is 0 Å². The minimum Gasteiger partial charge on any atom is -0.207 e. The van der Waals surface area contributed by atoms with Crippen LogP contribution < -0.4 is 4.72 Å². The van der Waals surface area contributed by atoms with Gasteiger partial charge in [0.2, 0.25) is 10.0 Å². The molecule has 0 fully saturated rings. The van der Waals surface area contributed by atoms with Crippen molar-refractivity contribution in [3.8, 4) is 0 Å².